The number of aromatic nitrogens is 1. The second kappa shape index (κ2) is 5.84. The summed E-state index contributed by atoms with van der Waals surface area (Å²) in [7, 11) is 0. The van der Waals surface area contributed by atoms with Gasteiger partial charge in [-0.1, -0.05) is 17.7 Å². The zero-order chi connectivity index (χ0) is 13.8. The molecule has 0 atom stereocenters. The van der Waals surface area contributed by atoms with Gasteiger partial charge < -0.3 is 9.73 Å². The quantitative estimate of drug-likeness (QED) is 0.938. The molecule has 0 aliphatic carbocycles. The first-order valence-corrected chi connectivity index (χ1v) is 6.09. The second-order valence-corrected chi connectivity index (χ2v) is 4.37. The Morgan fingerprint density at radius 1 is 1.53 bits per heavy atom. The first-order chi connectivity index (χ1) is 9.08. The lowest BCUT2D eigenvalue weighted by atomic mass is 10.2. The molecule has 0 aliphatic heterocycles. The molecule has 0 bridgehead atoms. The number of oxazole rings is 1. The summed E-state index contributed by atoms with van der Waals surface area (Å²) in [4.78, 5) is 15.9. The first kappa shape index (κ1) is 13.5. The molecule has 0 unspecified atom stereocenters. The van der Waals surface area contributed by atoms with E-state index in [2.05, 4.69) is 10.3 Å². The normalized spacial score (nSPS) is 10.5. The van der Waals surface area contributed by atoms with E-state index in [-0.39, 0.29) is 10.6 Å². The standard InChI is InChI=1S/C13H12ClFN2O2/c1-8-17-9(7-19-8)5-6-16-13(18)12-10(14)3-2-4-11(12)15/h2-4,7H,5-6H2,1H3,(H,16,18). The van der Waals surface area contributed by atoms with Crippen molar-refractivity contribution < 1.29 is 13.6 Å². The molecule has 1 N–H and O–H groups in total. The highest BCUT2D eigenvalue weighted by molar-refractivity contribution is 6.33. The second-order valence-electron chi connectivity index (χ2n) is 3.96. The Morgan fingerprint density at radius 2 is 2.32 bits per heavy atom. The zero-order valence-corrected chi connectivity index (χ0v) is 11.0. The molecule has 2 rings (SSSR count). The average molecular weight is 283 g/mol. The Balaban J connectivity index is 1.94. The Labute approximate surface area is 114 Å². The van der Waals surface area contributed by atoms with Crippen molar-refractivity contribution in [2.45, 2.75) is 13.3 Å². The van der Waals surface area contributed by atoms with Gasteiger partial charge in [0.25, 0.3) is 5.91 Å². The predicted molar refractivity (Wildman–Crippen MR) is 68.7 cm³/mol. The van der Waals surface area contributed by atoms with Crippen LogP contribution in [0.1, 0.15) is 21.9 Å². The van der Waals surface area contributed by atoms with Gasteiger partial charge in [-0.15, -0.1) is 0 Å². The van der Waals surface area contributed by atoms with Crippen molar-refractivity contribution >= 4 is 17.5 Å². The van der Waals surface area contributed by atoms with Crippen molar-refractivity contribution in [1.29, 1.82) is 0 Å². The number of rotatable bonds is 4. The number of benzene rings is 1. The molecular formula is C13H12ClFN2O2. The maximum Gasteiger partial charge on any atom is 0.255 e. The van der Waals surface area contributed by atoms with Crippen LogP contribution in [0.3, 0.4) is 0 Å². The molecule has 100 valence electrons. The van der Waals surface area contributed by atoms with Gasteiger partial charge in [0.1, 0.15) is 12.1 Å². The van der Waals surface area contributed by atoms with E-state index in [9.17, 15) is 9.18 Å². The minimum absolute atomic E-state index is 0.0924. The summed E-state index contributed by atoms with van der Waals surface area (Å²) in [6.07, 6.45) is 2.03. The number of nitrogens with zero attached hydrogens (tertiary/aromatic N) is 1. The van der Waals surface area contributed by atoms with Crippen LogP contribution in [0.25, 0.3) is 0 Å². The molecule has 1 aromatic heterocycles. The topological polar surface area (TPSA) is 55.1 Å². The van der Waals surface area contributed by atoms with Crippen LogP contribution in [0.15, 0.2) is 28.9 Å². The van der Waals surface area contributed by atoms with Crippen LogP contribution >= 0.6 is 11.6 Å². The average Bonchev–Trinajstić information content (AvgIpc) is 2.75. The van der Waals surface area contributed by atoms with Gasteiger partial charge in [0.15, 0.2) is 5.89 Å². The van der Waals surface area contributed by atoms with E-state index in [1.54, 1.807) is 6.92 Å². The van der Waals surface area contributed by atoms with Crippen molar-refractivity contribution in [3.63, 3.8) is 0 Å². The third kappa shape index (κ3) is 3.32. The number of carbonyl (C=O) groups is 1. The number of amides is 1. The summed E-state index contributed by atoms with van der Waals surface area (Å²) in [5, 5.41) is 2.69. The lowest BCUT2D eigenvalue weighted by Crippen LogP contribution is -2.27. The fourth-order valence-corrected chi connectivity index (χ4v) is 1.88. The lowest BCUT2D eigenvalue weighted by Gasteiger charge is -2.06. The van der Waals surface area contributed by atoms with Crippen molar-refractivity contribution in [1.82, 2.24) is 10.3 Å². The van der Waals surface area contributed by atoms with Crippen LogP contribution in [-0.2, 0) is 6.42 Å². The van der Waals surface area contributed by atoms with Gasteiger partial charge in [0.2, 0.25) is 0 Å². The van der Waals surface area contributed by atoms with E-state index in [1.807, 2.05) is 0 Å². The van der Waals surface area contributed by atoms with E-state index < -0.39 is 11.7 Å². The minimum Gasteiger partial charge on any atom is -0.449 e. The Kier molecular flexibility index (Phi) is 4.16. The van der Waals surface area contributed by atoms with Crippen molar-refractivity contribution in [3.05, 3.63) is 52.5 Å². The van der Waals surface area contributed by atoms with E-state index in [0.717, 1.165) is 5.69 Å². The number of hydrogen-bond donors (Lipinski definition) is 1. The third-order valence-corrected chi connectivity index (χ3v) is 2.84. The molecule has 0 aliphatic rings. The number of carbonyl (C=O) groups excluding carboxylic acids is 1. The smallest absolute Gasteiger partial charge is 0.255 e. The Hall–Kier alpha value is -1.88. The first-order valence-electron chi connectivity index (χ1n) is 5.71. The van der Waals surface area contributed by atoms with Gasteiger partial charge in [0, 0.05) is 19.9 Å². The highest BCUT2D eigenvalue weighted by Gasteiger charge is 2.15. The number of halogens is 2. The van der Waals surface area contributed by atoms with Crippen LogP contribution in [0, 0.1) is 12.7 Å². The summed E-state index contributed by atoms with van der Waals surface area (Å²) in [5.41, 5.74) is 0.595. The van der Waals surface area contributed by atoms with E-state index >= 15 is 0 Å². The minimum atomic E-state index is -0.637. The largest absolute Gasteiger partial charge is 0.449 e. The molecule has 1 aromatic carbocycles. The molecule has 0 radical (unpaired) electrons. The van der Waals surface area contributed by atoms with Gasteiger partial charge in [-0.25, -0.2) is 9.37 Å². The molecule has 0 saturated heterocycles. The lowest BCUT2D eigenvalue weighted by molar-refractivity contribution is 0.0950. The molecule has 1 amide bonds. The molecule has 2 aromatic rings. The maximum absolute atomic E-state index is 13.5. The van der Waals surface area contributed by atoms with Crippen molar-refractivity contribution in [3.8, 4) is 0 Å². The fourth-order valence-electron chi connectivity index (χ4n) is 1.63. The molecule has 0 saturated carbocycles. The number of nitrogens with one attached hydrogen (secondary N) is 1. The van der Waals surface area contributed by atoms with Crippen LogP contribution in [0.5, 0.6) is 0 Å². The van der Waals surface area contributed by atoms with Crippen LogP contribution < -0.4 is 5.32 Å². The van der Waals surface area contributed by atoms with E-state index in [0.29, 0.717) is 18.9 Å². The molecule has 1 heterocycles. The van der Waals surface area contributed by atoms with Crippen LogP contribution in [-0.4, -0.2) is 17.4 Å². The van der Waals surface area contributed by atoms with Gasteiger partial charge in [-0.2, -0.15) is 0 Å². The Morgan fingerprint density at radius 3 is 2.95 bits per heavy atom. The summed E-state index contributed by atoms with van der Waals surface area (Å²) >= 11 is 5.80. The molecule has 6 heteroatoms. The SMILES string of the molecule is Cc1nc(CCNC(=O)c2c(F)cccc2Cl)co1. The molecule has 0 fully saturated rings. The summed E-state index contributed by atoms with van der Waals surface area (Å²) < 4.78 is 18.5. The van der Waals surface area contributed by atoms with Crippen molar-refractivity contribution in [2.24, 2.45) is 0 Å². The number of hydrogen-bond acceptors (Lipinski definition) is 3. The maximum atomic E-state index is 13.5. The molecule has 4 nitrogen and oxygen atoms in total. The van der Waals surface area contributed by atoms with E-state index in [4.69, 9.17) is 16.0 Å². The van der Waals surface area contributed by atoms with E-state index in [1.165, 1.54) is 24.5 Å². The monoisotopic (exact) mass is 282 g/mol. The Bertz CT molecular complexity index is 578. The van der Waals surface area contributed by atoms with Gasteiger partial charge >= 0.3 is 0 Å². The molecule has 0 spiro atoms. The van der Waals surface area contributed by atoms with Gasteiger partial charge in [0.05, 0.1) is 16.3 Å². The fraction of sp³-hybridized carbons (Fsp3) is 0.231. The highest BCUT2D eigenvalue weighted by Crippen LogP contribution is 2.18. The zero-order valence-electron chi connectivity index (χ0n) is 10.2. The van der Waals surface area contributed by atoms with Gasteiger partial charge in [-0.05, 0) is 12.1 Å². The predicted octanol–water partition coefficient (Wildman–Crippen LogP) is 2.75. The molecule has 19 heavy (non-hydrogen) atoms. The van der Waals surface area contributed by atoms with Gasteiger partial charge in [-0.3, -0.25) is 4.79 Å². The van der Waals surface area contributed by atoms with Crippen molar-refractivity contribution in [2.75, 3.05) is 6.54 Å². The summed E-state index contributed by atoms with van der Waals surface area (Å²) in [6, 6.07) is 4.12. The molecular weight excluding hydrogens is 271 g/mol. The highest BCUT2D eigenvalue weighted by atomic mass is 35.5. The summed E-state index contributed by atoms with van der Waals surface area (Å²) in [6.45, 7) is 2.07. The number of aryl methyl sites for hydroxylation is 1. The summed E-state index contributed by atoms with van der Waals surface area (Å²) in [5.74, 6) is -0.607. The third-order valence-electron chi connectivity index (χ3n) is 2.52. The van der Waals surface area contributed by atoms with Crippen LogP contribution in [0.4, 0.5) is 4.39 Å². The van der Waals surface area contributed by atoms with Crippen LogP contribution in [0.2, 0.25) is 5.02 Å².